The van der Waals surface area contributed by atoms with Crippen molar-refractivity contribution in [1.82, 2.24) is 9.80 Å². The summed E-state index contributed by atoms with van der Waals surface area (Å²) in [5, 5.41) is 19.6. The number of carbonyl (C=O) groups excluding carboxylic acids is 1. The van der Waals surface area contributed by atoms with Gasteiger partial charge in [-0.05, 0) is 24.3 Å². The fraction of sp³-hybridized carbons (Fsp3) is 0.483. The van der Waals surface area contributed by atoms with E-state index in [4.69, 9.17) is 65.4 Å². The van der Waals surface area contributed by atoms with Crippen molar-refractivity contribution in [3.8, 4) is 11.5 Å². The van der Waals surface area contributed by atoms with Gasteiger partial charge in [0.15, 0.2) is 5.78 Å². The topological polar surface area (TPSA) is 135 Å². The molecule has 4 rings (SSSR count). The van der Waals surface area contributed by atoms with Crippen LogP contribution >= 0.6 is 46.4 Å². The highest BCUT2D eigenvalue weighted by Crippen LogP contribution is 2.44. The number of halogens is 4. The molecule has 0 spiro atoms. The average Bonchev–Trinajstić information content (AvgIpc) is 3.00. The van der Waals surface area contributed by atoms with Crippen molar-refractivity contribution < 1.29 is 43.5 Å². The molecule has 11 nitrogen and oxygen atoms in total. The maximum Gasteiger partial charge on any atom is 0.318 e. The zero-order valence-corrected chi connectivity index (χ0v) is 26.6. The second-order valence-electron chi connectivity index (χ2n) is 10.1. The van der Waals surface area contributed by atoms with Crippen LogP contribution in [0.1, 0.15) is 23.0 Å². The molecule has 0 saturated carbocycles. The SMILES string of the molecule is O=C(O)C(C(=O)C(C(=O)O)c1c(Cl)ccc(OCCN2CCOCC2)c1Cl)c1c(Cl)ccc(OCCN2CCOCC2)c1Cl. The van der Waals surface area contributed by atoms with Crippen molar-refractivity contribution in [3.63, 3.8) is 0 Å². The standard InChI is InChI=1S/C29H32Cl4N2O9/c30-17-1-3-19(43-15-9-34-5-11-41-12-6-34)25(32)21(17)23(28(37)38)27(36)24(29(39)40)22-18(31)2-4-20(26(22)33)44-16-10-35-7-13-42-14-8-35/h1-4,23-24H,5-16H2,(H,37,38)(H,39,40). The molecule has 2 aliphatic heterocycles. The zero-order valence-electron chi connectivity index (χ0n) is 23.6. The molecule has 0 bridgehead atoms. The highest BCUT2D eigenvalue weighted by atomic mass is 35.5. The Balaban J connectivity index is 1.59. The van der Waals surface area contributed by atoms with Crippen molar-refractivity contribution in [2.75, 3.05) is 78.9 Å². The lowest BCUT2D eigenvalue weighted by Gasteiger charge is -2.27. The molecule has 0 aromatic heterocycles. The molecular weight excluding hydrogens is 662 g/mol. The lowest BCUT2D eigenvalue weighted by atomic mass is 9.83. The van der Waals surface area contributed by atoms with Gasteiger partial charge in [-0.2, -0.15) is 0 Å². The third kappa shape index (κ3) is 8.46. The van der Waals surface area contributed by atoms with E-state index in [1.165, 1.54) is 24.3 Å². The van der Waals surface area contributed by atoms with E-state index in [0.717, 1.165) is 26.2 Å². The summed E-state index contributed by atoms with van der Waals surface area (Å²) in [7, 11) is 0. The Bertz CT molecular complexity index is 1250. The van der Waals surface area contributed by atoms with Gasteiger partial charge in [0, 0.05) is 60.4 Å². The smallest absolute Gasteiger partial charge is 0.318 e. The van der Waals surface area contributed by atoms with Gasteiger partial charge in [0.2, 0.25) is 0 Å². The maximum absolute atomic E-state index is 13.9. The van der Waals surface area contributed by atoms with E-state index in [2.05, 4.69) is 9.80 Å². The average molecular weight is 694 g/mol. The summed E-state index contributed by atoms with van der Waals surface area (Å²) in [6.45, 7) is 6.92. The minimum Gasteiger partial charge on any atom is -0.491 e. The molecule has 240 valence electrons. The fourth-order valence-corrected chi connectivity index (χ4v) is 6.30. The summed E-state index contributed by atoms with van der Waals surface area (Å²) in [5.74, 6) is -8.57. The van der Waals surface area contributed by atoms with E-state index in [1.54, 1.807) is 0 Å². The van der Waals surface area contributed by atoms with E-state index in [9.17, 15) is 24.6 Å². The monoisotopic (exact) mass is 692 g/mol. The predicted octanol–water partition coefficient (Wildman–Crippen LogP) is 4.33. The number of hydrogen-bond donors (Lipinski definition) is 2. The molecule has 0 amide bonds. The summed E-state index contributed by atoms with van der Waals surface area (Å²) in [6, 6.07) is 5.59. The predicted molar refractivity (Wildman–Crippen MR) is 164 cm³/mol. The molecule has 15 heteroatoms. The minimum absolute atomic E-state index is 0.0944. The number of carboxylic acid groups (broad SMARTS) is 2. The van der Waals surface area contributed by atoms with Crippen LogP contribution in [0, 0.1) is 0 Å². The molecule has 2 heterocycles. The third-order valence-corrected chi connectivity index (χ3v) is 8.80. The largest absolute Gasteiger partial charge is 0.491 e. The molecule has 2 aromatic carbocycles. The quantitative estimate of drug-likeness (QED) is 0.274. The van der Waals surface area contributed by atoms with Crippen LogP contribution in [-0.2, 0) is 23.9 Å². The molecule has 0 aliphatic carbocycles. The lowest BCUT2D eigenvalue weighted by molar-refractivity contribution is -0.146. The number of morpholine rings is 2. The number of ketones is 1. The zero-order chi connectivity index (χ0) is 31.8. The van der Waals surface area contributed by atoms with Crippen molar-refractivity contribution in [1.29, 1.82) is 0 Å². The Morgan fingerprint density at radius 3 is 1.39 bits per heavy atom. The van der Waals surface area contributed by atoms with Gasteiger partial charge in [-0.3, -0.25) is 24.2 Å². The van der Waals surface area contributed by atoms with Crippen LogP contribution in [0.4, 0.5) is 0 Å². The molecule has 2 fully saturated rings. The van der Waals surface area contributed by atoms with Crippen LogP contribution in [-0.4, -0.2) is 117 Å². The fourth-order valence-electron chi connectivity index (χ4n) is 5.01. The number of Topliss-reactive ketones (excluding diaryl/α,β-unsaturated/α-hetero) is 1. The van der Waals surface area contributed by atoms with Gasteiger partial charge in [-0.25, -0.2) is 0 Å². The second-order valence-corrected chi connectivity index (χ2v) is 11.7. The minimum atomic E-state index is -2.09. The Kier molecular flexibility index (Phi) is 12.8. The van der Waals surface area contributed by atoms with Crippen molar-refractivity contribution in [3.05, 3.63) is 55.5 Å². The van der Waals surface area contributed by atoms with Crippen molar-refractivity contribution in [2.24, 2.45) is 0 Å². The van der Waals surface area contributed by atoms with Gasteiger partial charge in [-0.15, -0.1) is 0 Å². The van der Waals surface area contributed by atoms with Crippen LogP contribution in [0.15, 0.2) is 24.3 Å². The number of benzene rings is 2. The highest BCUT2D eigenvalue weighted by Gasteiger charge is 2.43. The van der Waals surface area contributed by atoms with Crippen molar-refractivity contribution in [2.45, 2.75) is 11.8 Å². The van der Waals surface area contributed by atoms with E-state index in [0.29, 0.717) is 39.5 Å². The van der Waals surface area contributed by atoms with Crippen LogP contribution < -0.4 is 9.47 Å². The first-order valence-electron chi connectivity index (χ1n) is 13.9. The first kappa shape index (κ1) is 34.5. The highest BCUT2D eigenvalue weighted by molar-refractivity contribution is 6.40. The third-order valence-electron chi connectivity index (χ3n) is 7.36. The van der Waals surface area contributed by atoms with Gasteiger partial charge in [0.1, 0.15) is 36.5 Å². The number of rotatable bonds is 14. The van der Waals surface area contributed by atoms with Gasteiger partial charge >= 0.3 is 11.9 Å². The van der Waals surface area contributed by atoms with E-state index in [-0.39, 0.29) is 55.9 Å². The first-order chi connectivity index (χ1) is 21.1. The summed E-state index contributed by atoms with van der Waals surface area (Å²) in [4.78, 5) is 43.3. The van der Waals surface area contributed by atoms with E-state index >= 15 is 0 Å². The summed E-state index contributed by atoms with van der Waals surface area (Å²) < 4.78 is 22.3. The van der Waals surface area contributed by atoms with Crippen molar-refractivity contribution >= 4 is 64.1 Å². The molecule has 0 radical (unpaired) electrons. The summed E-state index contributed by atoms with van der Waals surface area (Å²) in [5.41, 5.74) is -0.600. The summed E-state index contributed by atoms with van der Waals surface area (Å²) >= 11 is 25.9. The Labute approximate surface area is 274 Å². The van der Waals surface area contributed by atoms with Crippen LogP contribution in [0.5, 0.6) is 11.5 Å². The van der Waals surface area contributed by atoms with E-state index < -0.39 is 29.6 Å². The number of carbonyl (C=O) groups is 3. The van der Waals surface area contributed by atoms with Crippen LogP contribution in [0.2, 0.25) is 20.1 Å². The number of carboxylic acids is 2. The molecule has 2 aliphatic rings. The number of nitrogens with zero attached hydrogens (tertiary/aromatic N) is 2. The number of hydrogen-bond acceptors (Lipinski definition) is 9. The number of aliphatic carboxylic acids is 2. The molecule has 2 aromatic rings. The molecule has 2 saturated heterocycles. The van der Waals surface area contributed by atoms with E-state index in [1.807, 2.05) is 0 Å². The van der Waals surface area contributed by atoms with Crippen LogP contribution in [0.25, 0.3) is 0 Å². The maximum atomic E-state index is 13.9. The summed E-state index contributed by atoms with van der Waals surface area (Å²) in [6.07, 6.45) is 0. The molecule has 2 N–H and O–H groups in total. The molecular formula is C29H32Cl4N2O9. The van der Waals surface area contributed by atoms with Gasteiger partial charge in [0.05, 0.1) is 36.5 Å². The first-order valence-corrected chi connectivity index (χ1v) is 15.4. The molecule has 2 unspecified atom stereocenters. The van der Waals surface area contributed by atoms with Gasteiger partial charge in [-0.1, -0.05) is 46.4 Å². The van der Waals surface area contributed by atoms with Crippen LogP contribution in [0.3, 0.4) is 0 Å². The Hall–Kier alpha value is -2.35. The van der Waals surface area contributed by atoms with Gasteiger partial charge in [0.25, 0.3) is 0 Å². The Morgan fingerprint density at radius 2 is 1.05 bits per heavy atom. The molecule has 44 heavy (non-hydrogen) atoms. The molecule has 2 atom stereocenters. The second kappa shape index (κ2) is 16.3. The Morgan fingerprint density at radius 1 is 0.682 bits per heavy atom. The lowest BCUT2D eigenvalue weighted by Crippen LogP contribution is -2.38. The normalized spacial score (nSPS) is 17.5. The number of ether oxygens (including phenoxy) is 4. The van der Waals surface area contributed by atoms with Gasteiger partial charge < -0.3 is 29.2 Å².